The molecule has 2 N–H and O–H groups in total. The van der Waals surface area contributed by atoms with E-state index in [1.807, 2.05) is 0 Å². The van der Waals surface area contributed by atoms with Gasteiger partial charge in [0.05, 0.1) is 0 Å². The number of hydrogen-bond acceptors (Lipinski definition) is 2. The number of rotatable bonds is 3. The van der Waals surface area contributed by atoms with E-state index in [1.54, 1.807) is 6.92 Å². The number of carbonyl (C=O) groups is 1. The number of hydrogen-bond donors (Lipinski definition) is 2. The molecule has 0 aromatic carbocycles. The van der Waals surface area contributed by atoms with Crippen molar-refractivity contribution in [3.8, 4) is 0 Å². The summed E-state index contributed by atoms with van der Waals surface area (Å²) in [4.78, 5) is 21.4. The Balaban J connectivity index is 2.65. The van der Waals surface area contributed by atoms with Gasteiger partial charge in [-0.05, 0) is 0 Å². The first kappa shape index (κ1) is 7.78. The Morgan fingerprint density at radius 3 is 2.73 bits per heavy atom. The van der Waals surface area contributed by atoms with Gasteiger partial charge in [0.1, 0.15) is 5.78 Å². The molecule has 1 aromatic rings. The van der Waals surface area contributed by atoms with E-state index in [0.717, 1.165) is 0 Å². The van der Waals surface area contributed by atoms with Crippen LogP contribution in [-0.4, -0.2) is 16.0 Å². The van der Waals surface area contributed by atoms with E-state index < -0.39 is 0 Å². The zero-order valence-electron chi connectivity index (χ0n) is 6.31. The SMILES string of the molecule is CCC(=O)Cc1cc(=O)[nH][nH]1. The Kier molecular flexibility index (Phi) is 2.25. The summed E-state index contributed by atoms with van der Waals surface area (Å²) in [6, 6.07) is 1.40. The van der Waals surface area contributed by atoms with Gasteiger partial charge in [-0.2, -0.15) is 0 Å². The summed E-state index contributed by atoms with van der Waals surface area (Å²) in [5.41, 5.74) is 0.464. The van der Waals surface area contributed by atoms with Crippen molar-refractivity contribution < 1.29 is 4.79 Å². The van der Waals surface area contributed by atoms with Crippen molar-refractivity contribution >= 4 is 5.78 Å². The van der Waals surface area contributed by atoms with Crippen molar-refractivity contribution in [3.63, 3.8) is 0 Å². The Morgan fingerprint density at radius 1 is 1.55 bits per heavy atom. The number of carbonyl (C=O) groups excluding carboxylic acids is 1. The number of Topliss-reactive ketones (excluding diaryl/α,β-unsaturated/α-hetero) is 1. The monoisotopic (exact) mass is 154 g/mol. The van der Waals surface area contributed by atoms with Gasteiger partial charge in [0.15, 0.2) is 0 Å². The van der Waals surface area contributed by atoms with Gasteiger partial charge in [-0.3, -0.25) is 14.7 Å². The van der Waals surface area contributed by atoms with Crippen LogP contribution in [0.4, 0.5) is 0 Å². The Morgan fingerprint density at radius 2 is 2.27 bits per heavy atom. The fourth-order valence-corrected chi connectivity index (χ4v) is 0.805. The lowest BCUT2D eigenvalue weighted by Gasteiger charge is -1.91. The molecule has 0 aliphatic heterocycles. The van der Waals surface area contributed by atoms with Crippen LogP contribution in [0.15, 0.2) is 10.9 Å². The van der Waals surface area contributed by atoms with Crippen LogP contribution in [0, 0.1) is 0 Å². The third-order valence-electron chi connectivity index (χ3n) is 1.43. The van der Waals surface area contributed by atoms with E-state index in [1.165, 1.54) is 6.07 Å². The van der Waals surface area contributed by atoms with Gasteiger partial charge in [0, 0.05) is 24.6 Å². The number of ketones is 1. The number of aromatic nitrogens is 2. The summed E-state index contributed by atoms with van der Waals surface area (Å²) in [6.45, 7) is 1.80. The maximum absolute atomic E-state index is 10.9. The number of nitrogens with one attached hydrogen (secondary N) is 2. The van der Waals surface area contributed by atoms with E-state index in [0.29, 0.717) is 18.5 Å². The molecule has 0 spiro atoms. The van der Waals surface area contributed by atoms with Crippen LogP contribution in [0.25, 0.3) is 0 Å². The first-order valence-corrected chi connectivity index (χ1v) is 3.50. The first-order chi connectivity index (χ1) is 5.22. The zero-order chi connectivity index (χ0) is 8.27. The molecule has 0 unspecified atom stereocenters. The van der Waals surface area contributed by atoms with Crippen LogP contribution in [0.2, 0.25) is 0 Å². The van der Waals surface area contributed by atoms with E-state index in [9.17, 15) is 9.59 Å². The van der Waals surface area contributed by atoms with Crippen LogP contribution in [0.1, 0.15) is 19.0 Å². The minimum absolute atomic E-state index is 0.125. The third kappa shape index (κ3) is 2.07. The standard InChI is InChI=1S/C7H10N2O2/c1-2-6(10)3-5-4-7(11)9-8-5/h4H,2-3H2,1H3,(H2,8,9,11). The molecule has 0 atom stereocenters. The van der Waals surface area contributed by atoms with E-state index in [4.69, 9.17) is 0 Å². The highest BCUT2D eigenvalue weighted by Crippen LogP contribution is 1.93. The van der Waals surface area contributed by atoms with E-state index in [-0.39, 0.29) is 11.3 Å². The van der Waals surface area contributed by atoms with Crippen LogP contribution < -0.4 is 5.56 Å². The van der Waals surface area contributed by atoms with Gasteiger partial charge in [0.25, 0.3) is 5.56 Å². The quantitative estimate of drug-likeness (QED) is 0.654. The van der Waals surface area contributed by atoms with Crippen molar-refractivity contribution in [1.29, 1.82) is 0 Å². The second-order valence-electron chi connectivity index (χ2n) is 2.35. The normalized spacial score (nSPS) is 9.91. The smallest absolute Gasteiger partial charge is 0.264 e. The van der Waals surface area contributed by atoms with Crippen molar-refractivity contribution in [2.75, 3.05) is 0 Å². The number of H-pyrrole nitrogens is 2. The summed E-state index contributed by atoms with van der Waals surface area (Å²) in [7, 11) is 0. The summed E-state index contributed by atoms with van der Waals surface area (Å²) >= 11 is 0. The fraction of sp³-hybridized carbons (Fsp3) is 0.429. The first-order valence-electron chi connectivity index (χ1n) is 3.50. The highest BCUT2D eigenvalue weighted by atomic mass is 16.1. The average molecular weight is 154 g/mol. The van der Waals surface area contributed by atoms with Crippen LogP contribution in [0.5, 0.6) is 0 Å². The Bertz CT molecular complexity index is 297. The van der Waals surface area contributed by atoms with Gasteiger partial charge in [0.2, 0.25) is 0 Å². The van der Waals surface area contributed by atoms with E-state index in [2.05, 4.69) is 10.2 Å². The summed E-state index contributed by atoms with van der Waals surface area (Å²) in [5, 5.41) is 4.98. The molecule has 1 heterocycles. The molecular weight excluding hydrogens is 144 g/mol. The molecular formula is C7H10N2O2. The molecule has 4 heteroatoms. The van der Waals surface area contributed by atoms with Crippen LogP contribution >= 0.6 is 0 Å². The summed E-state index contributed by atoms with van der Waals surface area (Å²) in [6.07, 6.45) is 0.822. The molecule has 4 nitrogen and oxygen atoms in total. The molecule has 0 aliphatic carbocycles. The van der Waals surface area contributed by atoms with Crippen molar-refractivity contribution in [3.05, 3.63) is 22.1 Å². The second-order valence-corrected chi connectivity index (χ2v) is 2.35. The lowest BCUT2D eigenvalue weighted by Crippen LogP contribution is -2.00. The largest absolute Gasteiger partial charge is 0.302 e. The Hall–Kier alpha value is -1.32. The lowest BCUT2D eigenvalue weighted by atomic mass is 10.2. The van der Waals surface area contributed by atoms with Gasteiger partial charge < -0.3 is 5.10 Å². The molecule has 0 saturated heterocycles. The van der Waals surface area contributed by atoms with Gasteiger partial charge in [-0.1, -0.05) is 6.92 Å². The van der Waals surface area contributed by atoms with E-state index >= 15 is 0 Å². The molecule has 0 bridgehead atoms. The predicted octanol–water partition coefficient (Wildman–Crippen LogP) is 0.225. The van der Waals surface area contributed by atoms with Crippen molar-refractivity contribution in [1.82, 2.24) is 10.2 Å². The summed E-state index contributed by atoms with van der Waals surface area (Å²) in [5.74, 6) is 0.125. The molecule has 0 fully saturated rings. The molecule has 0 saturated carbocycles. The highest BCUT2D eigenvalue weighted by Gasteiger charge is 2.01. The highest BCUT2D eigenvalue weighted by molar-refractivity contribution is 5.79. The van der Waals surface area contributed by atoms with Crippen molar-refractivity contribution in [2.45, 2.75) is 19.8 Å². The molecule has 0 radical (unpaired) electrons. The molecule has 1 aromatic heterocycles. The lowest BCUT2D eigenvalue weighted by molar-refractivity contribution is -0.118. The van der Waals surface area contributed by atoms with Gasteiger partial charge in [-0.15, -0.1) is 0 Å². The molecule has 0 amide bonds. The zero-order valence-corrected chi connectivity index (χ0v) is 6.31. The predicted molar refractivity (Wildman–Crippen MR) is 40.4 cm³/mol. The molecule has 11 heavy (non-hydrogen) atoms. The molecule has 1 rings (SSSR count). The number of aromatic amines is 2. The van der Waals surface area contributed by atoms with Crippen LogP contribution in [-0.2, 0) is 11.2 Å². The Labute approximate surface area is 63.6 Å². The van der Waals surface area contributed by atoms with Crippen molar-refractivity contribution in [2.24, 2.45) is 0 Å². The molecule has 60 valence electrons. The van der Waals surface area contributed by atoms with Crippen LogP contribution in [0.3, 0.4) is 0 Å². The second kappa shape index (κ2) is 3.18. The van der Waals surface area contributed by atoms with Gasteiger partial charge in [-0.25, -0.2) is 0 Å². The minimum atomic E-state index is -0.191. The van der Waals surface area contributed by atoms with Gasteiger partial charge >= 0.3 is 0 Å². The maximum atomic E-state index is 10.9. The molecule has 0 aliphatic rings. The average Bonchev–Trinajstić information content (AvgIpc) is 2.35. The minimum Gasteiger partial charge on any atom is -0.302 e. The third-order valence-corrected chi connectivity index (χ3v) is 1.43. The fourth-order valence-electron chi connectivity index (χ4n) is 0.805. The topological polar surface area (TPSA) is 65.7 Å². The maximum Gasteiger partial charge on any atom is 0.264 e. The summed E-state index contributed by atoms with van der Waals surface area (Å²) < 4.78 is 0.